The molecule has 1 rings (SSSR count). The summed E-state index contributed by atoms with van der Waals surface area (Å²) in [7, 11) is 0. The van der Waals surface area contributed by atoms with Crippen molar-refractivity contribution in [3.8, 4) is 0 Å². The van der Waals surface area contributed by atoms with E-state index in [1.807, 2.05) is 45.0 Å². The number of hydrogen-bond donors (Lipinski definition) is 2. The second-order valence-corrected chi connectivity index (χ2v) is 10.7. The molecule has 0 unspecified atom stereocenters. The van der Waals surface area contributed by atoms with Gasteiger partial charge in [0.1, 0.15) is 17.5 Å². The highest BCUT2D eigenvalue weighted by molar-refractivity contribution is 6.00. The topological polar surface area (TPSA) is 103 Å². The van der Waals surface area contributed by atoms with Crippen LogP contribution in [0.2, 0.25) is 0 Å². The molecule has 0 saturated heterocycles. The number of nitrogens with two attached hydrogens (primary N) is 1. The largest absolute Gasteiger partial charge is 0.442 e. The molecule has 0 fully saturated rings. The van der Waals surface area contributed by atoms with Crippen molar-refractivity contribution in [1.29, 1.82) is 0 Å². The van der Waals surface area contributed by atoms with Gasteiger partial charge in [-0.1, -0.05) is 51.2 Å². The summed E-state index contributed by atoms with van der Waals surface area (Å²) in [5, 5.41) is 2.84. The highest BCUT2D eigenvalue weighted by Crippen LogP contribution is 2.13. The molecule has 0 heterocycles. The number of benzene rings is 1. The summed E-state index contributed by atoms with van der Waals surface area (Å²) in [4.78, 5) is 28.8. The second-order valence-electron chi connectivity index (χ2n) is 10.7. The average molecular weight is 476 g/mol. The van der Waals surface area contributed by atoms with Crippen LogP contribution in [0.3, 0.4) is 0 Å². The summed E-state index contributed by atoms with van der Waals surface area (Å²) in [6, 6.07) is 6.82. The fraction of sp³-hybridized carbons (Fsp3) is 0.667. The van der Waals surface area contributed by atoms with Crippen molar-refractivity contribution < 1.29 is 19.1 Å². The molecule has 0 aliphatic rings. The summed E-state index contributed by atoms with van der Waals surface area (Å²) in [6.45, 7) is 13.2. The Labute approximate surface area is 205 Å². The second kappa shape index (κ2) is 14.1. The highest BCUT2D eigenvalue weighted by Gasteiger charge is 2.23. The predicted octanol–water partition coefficient (Wildman–Crippen LogP) is 5.80. The number of nitrogens with zero attached hydrogens (tertiary/aromatic N) is 1. The Bertz CT molecular complexity index is 790. The van der Waals surface area contributed by atoms with Crippen molar-refractivity contribution in [2.24, 2.45) is 10.7 Å². The van der Waals surface area contributed by atoms with Crippen LogP contribution in [0.4, 0.5) is 4.79 Å². The number of carbonyl (C=O) groups is 2. The van der Waals surface area contributed by atoms with Gasteiger partial charge in [0.15, 0.2) is 0 Å². The molecule has 1 atom stereocenters. The van der Waals surface area contributed by atoms with Gasteiger partial charge in [-0.15, -0.1) is 0 Å². The van der Waals surface area contributed by atoms with Gasteiger partial charge in [0.05, 0.1) is 12.2 Å². The standard InChI is InChI=1S/C27H45N3O4/c1-8-9-10-11-12-13-14-20-15-17-21(18-16-20)24(31)29-22(19-33-26(2,3)4)23(28)30-25(32)34-27(5,6)7/h15-18,22H,8-14,19H2,1-7H3,(H,29,31)(H2,28,30,32)/t22-/m0/s1. The maximum atomic E-state index is 12.9. The zero-order valence-electron chi connectivity index (χ0n) is 22.2. The van der Waals surface area contributed by atoms with Gasteiger partial charge in [-0.25, -0.2) is 4.79 Å². The monoisotopic (exact) mass is 475 g/mol. The van der Waals surface area contributed by atoms with Crippen LogP contribution in [0.15, 0.2) is 29.3 Å². The van der Waals surface area contributed by atoms with Crippen LogP contribution in [0.5, 0.6) is 0 Å². The molecule has 2 amide bonds. The van der Waals surface area contributed by atoms with Gasteiger partial charge in [0.2, 0.25) is 0 Å². The fourth-order valence-corrected chi connectivity index (χ4v) is 3.18. The molecule has 1 aromatic carbocycles. The van der Waals surface area contributed by atoms with Crippen molar-refractivity contribution in [3.05, 3.63) is 35.4 Å². The summed E-state index contributed by atoms with van der Waals surface area (Å²) in [5.74, 6) is -0.373. The van der Waals surface area contributed by atoms with Gasteiger partial charge in [-0.3, -0.25) is 4.79 Å². The van der Waals surface area contributed by atoms with E-state index in [1.165, 1.54) is 37.7 Å². The molecule has 7 nitrogen and oxygen atoms in total. The Hall–Kier alpha value is -2.41. The number of amidine groups is 1. The van der Waals surface area contributed by atoms with Crippen LogP contribution in [0.25, 0.3) is 0 Å². The molecular weight excluding hydrogens is 430 g/mol. The lowest BCUT2D eigenvalue weighted by molar-refractivity contribution is -0.00672. The third-order valence-electron chi connectivity index (χ3n) is 4.99. The number of amides is 2. The average Bonchev–Trinajstić information content (AvgIpc) is 2.71. The first-order valence-corrected chi connectivity index (χ1v) is 12.4. The summed E-state index contributed by atoms with van der Waals surface area (Å²) >= 11 is 0. The first-order valence-electron chi connectivity index (χ1n) is 12.4. The van der Waals surface area contributed by atoms with Gasteiger partial charge in [0, 0.05) is 5.56 Å². The Balaban J connectivity index is 2.78. The molecule has 7 heteroatoms. The number of aryl methyl sites for hydroxylation is 1. The molecular formula is C27H45N3O4. The molecule has 0 radical (unpaired) electrons. The van der Waals surface area contributed by atoms with Crippen LogP contribution in [-0.2, 0) is 15.9 Å². The summed E-state index contributed by atoms with van der Waals surface area (Å²) in [5.41, 5.74) is 6.65. The van der Waals surface area contributed by atoms with Crippen LogP contribution in [-0.4, -0.2) is 41.7 Å². The zero-order chi connectivity index (χ0) is 25.8. The maximum Gasteiger partial charge on any atom is 0.435 e. The molecule has 3 N–H and O–H groups in total. The summed E-state index contributed by atoms with van der Waals surface area (Å²) < 4.78 is 11.0. The minimum Gasteiger partial charge on any atom is -0.442 e. The van der Waals surface area contributed by atoms with E-state index in [9.17, 15) is 9.59 Å². The predicted molar refractivity (Wildman–Crippen MR) is 138 cm³/mol. The number of carbonyl (C=O) groups excluding carboxylic acids is 2. The molecule has 192 valence electrons. The summed E-state index contributed by atoms with van der Waals surface area (Å²) in [6.07, 6.45) is 7.72. The van der Waals surface area contributed by atoms with E-state index < -0.39 is 23.3 Å². The van der Waals surface area contributed by atoms with Crippen LogP contribution >= 0.6 is 0 Å². The minimum absolute atomic E-state index is 0.0634. The first-order chi connectivity index (χ1) is 15.8. The van der Waals surface area contributed by atoms with Crippen molar-refractivity contribution in [2.75, 3.05) is 6.61 Å². The van der Waals surface area contributed by atoms with E-state index in [4.69, 9.17) is 15.2 Å². The Morgan fingerprint density at radius 1 is 0.941 bits per heavy atom. The third-order valence-corrected chi connectivity index (χ3v) is 4.99. The highest BCUT2D eigenvalue weighted by atomic mass is 16.6. The molecule has 0 aliphatic heterocycles. The molecule has 1 aromatic rings. The third kappa shape index (κ3) is 13.3. The van der Waals surface area contributed by atoms with Gasteiger partial charge >= 0.3 is 6.09 Å². The van der Waals surface area contributed by atoms with Crippen LogP contribution in [0.1, 0.15) is 103 Å². The Morgan fingerprint density at radius 2 is 1.53 bits per heavy atom. The number of ether oxygens (including phenoxy) is 2. The molecule has 0 aromatic heterocycles. The van der Waals surface area contributed by atoms with Gasteiger partial charge < -0.3 is 20.5 Å². The molecule has 0 saturated carbocycles. The lowest BCUT2D eigenvalue weighted by atomic mass is 10.0. The first kappa shape index (κ1) is 29.6. The smallest absolute Gasteiger partial charge is 0.435 e. The maximum absolute atomic E-state index is 12.9. The van der Waals surface area contributed by atoms with Gasteiger partial charge in [0.25, 0.3) is 5.91 Å². The lowest BCUT2D eigenvalue weighted by Gasteiger charge is -2.25. The van der Waals surface area contributed by atoms with E-state index in [1.54, 1.807) is 20.8 Å². The van der Waals surface area contributed by atoms with Crippen molar-refractivity contribution in [2.45, 2.75) is 111 Å². The molecule has 0 aliphatic carbocycles. The number of nitrogens with one attached hydrogen (secondary N) is 1. The SMILES string of the molecule is CCCCCCCCc1ccc(C(=O)N[C@@H](COC(C)(C)C)C(N)=NC(=O)OC(C)(C)C)cc1. The molecule has 34 heavy (non-hydrogen) atoms. The van der Waals surface area contributed by atoms with E-state index in [0.29, 0.717) is 5.56 Å². The Morgan fingerprint density at radius 3 is 2.09 bits per heavy atom. The fourth-order valence-electron chi connectivity index (χ4n) is 3.18. The zero-order valence-corrected chi connectivity index (χ0v) is 22.2. The van der Waals surface area contributed by atoms with Crippen molar-refractivity contribution in [1.82, 2.24) is 5.32 Å². The van der Waals surface area contributed by atoms with Gasteiger partial charge in [-0.2, -0.15) is 4.99 Å². The normalized spacial score (nSPS) is 13.4. The lowest BCUT2D eigenvalue weighted by Crippen LogP contribution is -2.49. The number of unbranched alkanes of at least 4 members (excludes halogenated alkanes) is 5. The quantitative estimate of drug-likeness (QED) is 0.226. The Kier molecular flexibility index (Phi) is 12.3. The number of rotatable bonds is 12. The van der Waals surface area contributed by atoms with Crippen LogP contribution in [0, 0.1) is 0 Å². The van der Waals surface area contributed by atoms with E-state index >= 15 is 0 Å². The van der Waals surface area contributed by atoms with E-state index in [0.717, 1.165) is 12.8 Å². The van der Waals surface area contributed by atoms with Crippen LogP contribution < -0.4 is 11.1 Å². The van der Waals surface area contributed by atoms with Crippen molar-refractivity contribution in [3.63, 3.8) is 0 Å². The minimum atomic E-state index is -0.806. The van der Waals surface area contributed by atoms with Crippen molar-refractivity contribution >= 4 is 17.8 Å². The number of aliphatic imine (C=N–C) groups is 1. The van der Waals surface area contributed by atoms with Gasteiger partial charge in [-0.05, 0) is 72.1 Å². The molecule has 0 spiro atoms. The van der Waals surface area contributed by atoms with E-state index in [2.05, 4.69) is 17.2 Å². The van der Waals surface area contributed by atoms with E-state index in [-0.39, 0.29) is 18.3 Å². The molecule has 0 bridgehead atoms. The number of hydrogen-bond acceptors (Lipinski definition) is 4.